The zero-order valence-corrected chi connectivity index (χ0v) is 14.4. The Balaban J connectivity index is 1.75. The van der Waals surface area contributed by atoms with E-state index in [1.165, 1.54) is 6.08 Å². The summed E-state index contributed by atoms with van der Waals surface area (Å²) in [5.41, 5.74) is 0.506. The van der Waals surface area contributed by atoms with Crippen LogP contribution in [0, 0.1) is 10.1 Å². The van der Waals surface area contributed by atoms with Gasteiger partial charge in [0.2, 0.25) is 0 Å². The first kappa shape index (κ1) is 17.7. The van der Waals surface area contributed by atoms with Crippen LogP contribution in [0.4, 0.5) is 10.5 Å². The van der Waals surface area contributed by atoms with Crippen LogP contribution in [0.5, 0.6) is 0 Å². The monoisotopic (exact) mass is 369 g/mol. The molecule has 1 atom stereocenters. The molecule has 3 rings (SSSR count). The van der Waals surface area contributed by atoms with Crippen LogP contribution in [0.2, 0.25) is 5.02 Å². The average Bonchev–Trinajstić information content (AvgIpc) is 2.65. The van der Waals surface area contributed by atoms with Crippen LogP contribution < -0.4 is 10.6 Å². The minimum absolute atomic E-state index is 0.0384. The standard InChI is InChI=1S/C19H16ClN3O3/c20-16-8-4-5-9-17(16)21-18(24)22-19(23(25)26)12-10-15(11-13-19)14-6-2-1-3-7-14/h1-12H,13H2,(H2,21,22,24). The van der Waals surface area contributed by atoms with Crippen molar-refractivity contribution in [1.82, 2.24) is 5.32 Å². The molecule has 2 amide bonds. The summed E-state index contributed by atoms with van der Waals surface area (Å²) in [6.45, 7) is 0. The summed E-state index contributed by atoms with van der Waals surface area (Å²) in [6, 6.07) is 15.5. The minimum atomic E-state index is -1.70. The number of halogens is 1. The normalized spacial score (nSPS) is 18.7. The molecule has 0 spiro atoms. The van der Waals surface area contributed by atoms with Crippen LogP contribution in [0.3, 0.4) is 0 Å². The van der Waals surface area contributed by atoms with Crippen LogP contribution in [-0.2, 0) is 0 Å². The minimum Gasteiger partial charge on any atom is -0.306 e. The van der Waals surface area contributed by atoms with E-state index in [0.717, 1.165) is 11.1 Å². The van der Waals surface area contributed by atoms with Gasteiger partial charge in [0.25, 0.3) is 0 Å². The topological polar surface area (TPSA) is 84.3 Å². The Morgan fingerprint density at radius 1 is 1.12 bits per heavy atom. The van der Waals surface area contributed by atoms with Crippen molar-refractivity contribution in [3.05, 3.63) is 93.5 Å². The number of amides is 2. The Labute approximate surface area is 155 Å². The third kappa shape index (κ3) is 3.75. The Kier molecular flexibility index (Phi) is 5.04. The van der Waals surface area contributed by atoms with E-state index < -0.39 is 16.6 Å². The number of urea groups is 1. The molecule has 0 heterocycles. The molecule has 1 unspecified atom stereocenters. The lowest BCUT2D eigenvalue weighted by Crippen LogP contribution is -2.54. The Hall–Kier alpha value is -3.12. The predicted molar refractivity (Wildman–Crippen MR) is 102 cm³/mol. The van der Waals surface area contributed by atoms with Gasteiger partial charge in [0, 0.05) is 6.08 Å². The Morgan fingerprint density at radius 3 is 2.42 bits per heavy atom. The molecule has 6 nitrogen and oxygen atoms in total. The highest BCUT2D eigenvalue weighted by atomic mass is 35.5. The van der Waals surface area contributed by atoms with E-state index in [-0.39, 0.29) is 6.42 Å². The van der Waals surface area contributed by atoms with Crippen molar-refractivity contribution in [3.63, 3.8) is 0 Å². The van der Waals surface area contributed by atoms with E-state index in [1.807, 2.05) is 30.3 Å². The van der Waals surface area contributed by atoms with E-state index in [0.29, 0.717) is 10.7 Å². The zero-order valence-electron chi connectivity index (χ0n) is 13.7. The van der Waals surface area contributed by atoms with Crippen molar-refractivity contribution in [2.45, 2.75) is 12.1 Å². The van der Waals surface area contributed by atoms with Crippen molar-refractivity contribution < 1.29 is 9.72 Å². The number of para-hydroxylation sites is 1. The van der Waals surface area contributed by atoms with E-state index in [9.17, 15) is 14.9 Å². The van der Waals surface area contributed by atoms with Crippen LogP contribution >= 0.6 is 11.6 Å². The van der Waals surface area contributed by atoms with Crippen LogP contribution in [0.25, 0.3) is 5.57 Å². The summed E-state index contributed by atoms with van der Waals surface area (Å²) in [7, 11) is 0. The molecular formula is C19H16ClN3O3. The number of anilines is 1. The lowest BCUT2D eigenvalue weighted by atomic mass is 9.93. The summed E-state index contributed by atoms with van der Waals surface area (Å²) >= 11 is 6.00. The van der Waals surface area contributed by atoms with Gasteiger partial charge in [-0.15, -0.1) is 0 Å². The number of hydrogen-bond acceptors (Lipinski definition) is 3. The number of allylic oxidation sites excluding steroid dienone is 2. The summed E-state index contributed by atoms with van der Waals surface area (Å²) in [4.78, 5) is 23.4. The van der Waals surface area contributed by atoms with Crippen molar-refractivity contribution in [2.75, 3.05) is 5.32 Å². The molecule has 0 saturated carbocycles. The number of nitro groups is 1. The van der Waals surface area contributed by atoms with Gasteiger partial charge in [-0.3, -0.25) is 15.4 Å². The van der Waals surface area contributed by atoms with Crippen molar-refractivity contribution in [3.8, 4) is 0 Å². The molecular weight excluding hydrogens is 354 g/mol. The Bertz CT molecular complexity index is 896. The molecule has 7 heteroatoms. The molecule has 1 aliphatic rings. The van der Waals surface area contributed by atoms with Crippen LogP contribution in [-0.4, -0.2) is 16.6 Å². The number of benzene rings is 2. The smallest absolute Gasteiger partial charge is 0.306 e. The van der Waals surface area contributed by atoms with Gasteiger partial charge in [-0.25, -0.2) is 4.79 Å². The molecule has 0 saturated heterocycles. The highest BCUT2D eigenvalue weighted by molar-refractivity contribution is 6.33. The number of carbonyl (C=O) groups is 1. The molecule has 0 bridgehead atoms. The first-order valence-corrected chi connectivity index (χ1v) is 8.31. The van der Waals surface area contributed by atoms with E-state index >= 15 is 0 Å². The molecule has 0 aromatic heterocycles. The van der Waals surface area contributed by atoms with E-state index in [1.54, 1.807) is 36.4 Å². The molecule has 26 heavy (non-hydrogen) atoms. The van der Waals surface area contributed by atoms with E-state index in [4.69, 9.17) is 11.6 Å². The highest BCUT2D eigenvalue weighted by Gasteiger charge is 2.42. The number of nitrogens with zero attached hydrogens (tertiary/aromatic N) is 1. The number of nitrogens with one attached hydrogen (secondary N) is 2. The van der Waals surface area contributed by atoms with Gasteiger partial charge in [-0.2, -0.15) is 0 Å². The fourth-order valence-electron chi connectivity index (χ4n) is 2.66. The molecule has 0 aliphatic heterocycles. The summed E-state index contributed by atoms with van der Waals surface area (Å²) in [5.74, 6) is 0. The van der Waals surface area contributed by atoms with Gasteiger partial charge in [0.1, 0.15) is 0 Å². The van der Waals surface area contributed by atoms with Crippen LogP contribution in [0.1, 0.15) is 12.0 Å². The lowest BCUT2D eigenvalue weighted by molar-refractivity contribution is -0.559. The van der Waals surface area contributed by atoms with Gasteiger partial charge in [-0.05, 0) is 29.3 Å². The highest BCUT2D eigenvalue weighted by Crippen LogP contribution is 2.28. The third-order valence-electron chi connectivity index (χ3n) is 4.06. The van der Waals surface area contributed by atoms with E-state index in [2.05, 4.69) is 10.6 Å². The maximum atomic E-state index is 12.3. The van der Waals surface area contributed by atoms with Crippen LogP contribution in [0.15, 0.2) is 72.8 Å². The summed E-state index contributed by atoms with van der Waals surface area (Å²) < 4.78 is 0. The molecule has 2 aromatic rings. The van der Waals surface area contributed by atoms with Gasteiger partial charge in [0.15, 0.2) is 0 Å². The summed E-state index contributed by atoms with van der Waals surface area (Å²) in [5, 5.41) is 17.0. The molecule has 1 aliphatic carbocycles. The fourth-order valence-corrected chi connectivity index (χ4v) is 2.84. The second-order valence-electron chi connectivity index (χ2n) is 5.80. The number of rotatable bonds is 4. The predicted octanol–water partition coefficient (Wildman–Crippen LogP) is 4.48. The first-order chi connectivity index (χ1) is 12.5. The maximum absolute atomic E-state index is 12.3. The van der Waals surface area contributed by atoms with Gasteiger partial charge in [0.05, 0.1) is 22.1 Å². The van der Waals surface area contributed by atoms with Crippen molar-refractivity contribution >= 4 is 28.9 Å². The fraction of sp³-hybridized carbons (Fsp3) is 0.105. The average molecular weight is 370 g/mol. The third-order valence-corrected chi connectivity index (χ3v) is 4.39. The quantitative estimate of drug-likeness (QED) is 0.473. The molecule has 2 N–H and O–H groups in total. The summed E-state index contributed by atoms with van der Waals surface area (Å²) in [6.07, 6.45) is 4.84. The number of carbonyl (C=O) groups excluding carboxylic acids is 1. The SMILES string of the molecule is O=C(Nc1ccccc1Cl)NC1([N+](=O)[O-])C=CC(c2ccccc2)=CC1. The largest absolute Gasteiger partial charge is 0.324 e. The molecule has 0 radical (unpaired) electrons. The second kappa shape index (κ2) is 7.41. The van der Waals surface area contributed by atoms with Gasteiger partial charge in [-0.1, -0.05) is 60.1 Å². The molecule has 0 fully saturated rings. The van der Waals surface area contributed by atoms with Gasteiger partial charge < -0.3 is 5.32 Å². The second-order valence-corrected chi connectivity index (χ2v) is 6.21. The Morgan fingerprint density at radius 2 is 1.81 bits per heavy atom. The molecule has 2 aromatic carbocycles. The van der Waals surface area contributed by atoms with Crippen molar-refractivity contribution in [1.29, 1.82) is 0 Å². The maximum Gasteiger partial charge on any atom is 0.324 e. The van der Waals surface area contributed by atoms with Crippen molar-refractivity contribution in [2.24, 2.45) is 0 Å². The molecule has 132 valence electrons. The lowest BCUT2D eigenvalue weighted by Gasteiger charge is -2.25. The van der Waals surface area contributed by atoms with Gasteiger partial charge >= 0.3 is 11.7 Å². The first-order valence-electron chi connectivity index (χ1n) is 7.93. The zero-order chi connectivity index (χ0) is 18.6. The number of hydrogen-bond donors (Lipinski definition) is 2.